The molecule has 0 saturated heterocycles. The van der Waals surface area contributed by atoms with Gasteiger partial charge < -0.3 is 14.0 Å². The van der Waals surface area contributed by atoms with E-state index in [-0.39, 0.29) is 11.7 Å². The zero-order valence-electron chi connectivity index (χ0n) is 17.2. The summed E-state index contributed by atoms with van der Waals surface area (Å²) in [6.45, 7) is 4.00. The number of benzene rings is 2. The van der Waals surface area contributed by atoms with Crippen LogP contribution in [-0.2, 0) is 16.6 Å². The number of hydrazone groups is 1. The molecule has 9 heteroatoms. The van der Waals surface area contributed by atoms with Crippen LogP contribution in [-0.4, -0.2) is 39.5 Å². The number of thioether (sulfide) groups is 1. The Morgan fingerprint density at radius 1 is 1.13 bits per heavy atom. The number of hydrogen-bond acceptors (Lipinski definition) is 8. The quantitative estimate of drug-likeness (QED) is 0.211. The molecule has 0 amide bonds. The largest absolute Gasteiger partial charge is 0.497 e. The number of hydrogen-bond donors (Lipinski definition) is 1. The van der Waals surface area contributed by atoms with Crippen LogP contribution in [0.1, 0.15) is 12.5 Å². The maximum atomic E-state index is 12.4. The molecule has 0 saturated carbocycles. The molecule has 2 aromatic carbocycles. The van der Waals surface area contributed by atoms with Crippen molar-refractivity contribution in [1.29, 1.82) is 0 Å². The predicted molar refractivity (Wildman–Crippen MR) is 118 cm³/mol. The Labute approximate surface area is 179 Å². The van der Waals surface area contributed by atoms with E-state index in [0.29, 0.717) is 11.0 Å². The number of rotatable bonds is 6. The van der Waals surface area contributed by atoms with Crippen LogP contribution in [0.3, 0.4) is 0 Å². The Kier molecular flexibility index (Phi) is 7.08. The zero-order valence-corrected chi connectivity index (χ0v) is 18.1. The number of methoxy groups -OCH3 is 1. The summed E-state index contributed by atoms with van der Waals surface area (Å²) >= 11 is 1.09. The Morgan fingerprint density at radius 3 is 2.47 bits per heavy atom. The number of nitrogens with zero attached hydrogens (tertiary/aromatic N) is 4. The van der Waals surface area contributed by atoms with Gasteiger partial charge >= 0.3 is 5.97 Å². The van der Waals surface area contributed by atoms with Crippen molar-refractivity contribution in [2.75, 3.05) is 19.1 Å². The summed E-state index contributed by atoms with van der Waals surface area (Å²) in [6, 6.07) is 15.2. The average molecular weight is 426 g/mol. The van der Waals surface area contributed by atoms with Gasteiger partial charge in [0.05, 0.1) is 19.4 Å². The highest BCUT2D eigenvalue weighted by Crippen LogP contribution is 2.25. The van der Waals surface area contributed by atoms with Gasteiger partial charge in [-0.25, -0.2) is 4.79 Å². The minimum atomic E-state index is -0.531. The maximum Gasteiger partial charge on any atom is 0.365 e. The molecule has 0 aliphatic rings. The van der Waals surface area contributed by atoms with Crippen molar-refractivity contribution < 1.29 is 14.3 Å². The summed E-state index contributed by atoms with van der Waals surface area (Å²) in [5.74, 6) is 0.889. The summed E-state index contributed by atoms with van der Waals surface area (Å²) in [5.41, 5.74) is 5.67. The molecule has 0 atom stereocenters. The third-order valence-corrected chi connectivity index (χ3v) is 5.15. The molecular weight excluding hydrogens is 402 g/mol. The Hall–Kier alpha value is -3.33. The molecule has 156 valence electrons. The number of anilines is 1. The fourth-order valence-electron chi connectivity index (χ4n) is 2.53. The first-order chi connectivity index (χ1) is 14.5. The fourth-order valence-corrected chi connectivity index (χ4v) is 3.24. The summed E-state index contributed by atoms with van der Waals surface area (Å²) < 4.78 is 12.1. The molecule has 0 aliphatic heterocycles. The molecule has 0 spiro atoms. The molecule has 8 nitrogen and oxygen atoms in total. The first kappa shape index (κ1) is 21.4. The third kappa shape index (κ3) is 5.18. The molecule has 0 radical (unpaired) electrons. The lowest BCUT2D eigenvalue weighted by atomic mass is 10.2. The summed E-state index contributed by atoms with van der Waals surface area (Å²) in [6.07, 6.45) is 0. The van der Waals surface area contributed by atoms with Crippen LogP contribution >= 0.6 is 11.8 Å². The van der Waals surface area contributed by atoms with Gasteiger partial charge in [0.1, 0.15) is 5.75 Å². The van der Waals surface area contributed by atoms with Crippen LogP contribution in [0.4, 0.5) is 5.69 Å². The molecular formula is C21H23N5O3S. The number of carbonyl (C=O) groups excluding carboxylic acids is 1. The van der Waals surface area contributed by atoms with Gasteiger partial charge in [-0.15, -0.1) is 10.2 Å². The SMILES string of the molecule is CCOC(=O)/C(=N\Nc1ccc(C)cc1)Sc1nnc(-c2ccc(OC)cc2)n1C. The minimum Gasteiger partial charge on any atom is -0.497 e. The van der Waals surface area contributed by atoms with Gasteiger partial charge in [-0.2, -0.15) is 5.10 Å². The second-order valence-electron chi connectivity index (χ2n) is 6.31. The van der Waals surface area contributed by atoms with E-state index in [1.54, 1.807) is 18.6 Å². The number of nitrogens with one attached hydrogen (secondary N) is 1. The van der Waals surface area contributed by atoms with Gasteiger partial charge in [0.2, 0.25) is 5.04 Å². The Morgan fingerprint density at radius 2 is 1.83 bits per heavy atom. The average Bonchev–Trinajstić information content (AvgIpc) is 3.12. The van der Waals surface area contributed by atoms with E-state index in [4.69, 9.17) is 9.47 Å². The molecule has 1 aromatic heterocycles. The van der Waals surface area contributed by atoms with Crippen LogP contribution in [0.2, 0.25) is 0 Å². The number of aromatic nitrogens is 3. The molecule has 0 aliphatic carbocycles. The molecule has 1 heterocycles. The van der Waals surface area contributed by atoms with E-state index in [9.17, 15) is 4.79 Å². The van der Waals surface area contributed by atoms with Crippen molar-refractivity contribution >= 4 is 28.5 Å². The van der Waals surface area contributed by atoms with Gasteiger partial charge in [0.15, 0.2) is 11.0 Å². The Balaban J connectivity index is 1.83. The van der Waals surface area contributed by atoms with E-state index < -0.39 is 5.97 Å². The zero-order chi connectivity index (χ0) is 21.5. The Bertz CT molecular complexity index is 1030. The highest BCUT2D eigenvalue weighted by atomic mass is 32.2. The molecule has 3 aromatic rings. The van der Waals surface area contributed by atoms with E-state index in [1.807, 2.05) is 62.5 Å². The van der Waals surface area contributed by atoms with Gasteiger partial charge in [-0.1, -0.05) is 17.7 Å². The summed E-state index contributed by atoms with van der Waals surface area (Å²) in [5, 5.41) is 13.4. The van der Waals surface area contributed by atoms with E-state index in [0.717, 1.165) is 34.3 Å². The smallest absolute Gasteiger partial charge is 0.365 e. The topological polar surface area (TPSA) is 90.6 Å². The van der Waals surface area contributed by atoms with Gasteiger partial charge in [-0.05, 0) is 62.0 Å². The lowest BCUT2D eigenvalue weighted by molar-refractivity contribution is -0.134. The second-order valence-corrected chi connectivity index (χ2v) is 7.27. The van der Waals surface area contributed by atoms with Crippen LogP contribution < -0.4 is 10.2 Å². The number of aryl methyl sites for hydroxylation is 1. The fraction of sp³-hybridized carbons (Fsp3) is 0.238. The van der Waals surface area contributed by atoms with Crippen molar-refractivity contribution in [3.8, 4) is 17.1 Å². The molecule has 30 heavy (non-hydrogen) atoms. The summed E-state index contributed by atoms with van der Waals surface area (Å²) in [7, 11) is 3.45. The summed E-state index contributed by atoms with van der Waals surface area (Å²) in [4.78, 5) is 12.4. The molecule has 3 rings (SSSR count). The normalized spacial score (nSPS) is 11.3. The monoisotopic (exact) mass is 425 g/mol. The standard InChI is InChI=1S/C21H23N5O3S/c1-5-29-20(27)19(24-22-16-10-6-14(2)7-11-16)30-21-25-23-18(26(21)3)15-8-12-17(28-4)13-9-15/h6-13,22H,5H2,1-4H3/b24-19+. The predicted octanol–water partition coefficient (Wildman–Crippen LogP) is 3.88. The number of esters is 1. The lowest BCUT2D eigenvalue weighted by Gasteiger charge is -2.08. The van der Waals surface area contributed by atoms with E-state index in [1.165, 1.54) is 0 Å². The lowest BCUT2D eigenvalue weighted by Crippen LogP contribution is -2.16. The highest BCUT2D eigenvalue weighted by molar-refractivity contribution is 8.15. The van der Waals surface area contributed by atoms with Crippen molar-refractivity contribution in [2.24, 2.45) is 12.1 Å². The van der Waals surface area contributed by atoms with Crippen LogP contribution in [0.5, 0.6) is 5.75 Å². The molecule has 0 unspecified atom stereocenters. The second kappa shape index (κ2) is 9.93. The van der Waals surface area contributed by atoms with Crippen molar-refractivity contribution in [3.63, 3.8) is 0 Å². The first-order valence-corrected chi connectivity index (χ1v) is 10.1. The molecule has 0 bridgehead atoms. The van der Waals surface area contributed by atoms with Gasteiger partial charge in [-0.3, -0.25) is 5.43 Å². The van der Waals surface area contributed by atoms with E-state index >= 15 is 0 Å². The third-order valence-electron chi connectivity index (χ3n) is 4.16. The van der Waals surface area contributed by atoms with Crippen LogP contribution in [0.25, 0.3) is 11.4 Å². The number of carbonyl (C=O) groups is 1. The van der Waals surface area contributed by atoms with Crippen LogP contribution in [0.15, 0.2) is 58.8 Å². The minimum absolute atomic E-state index is 0.134. The van der Waals surface area contributed by atoms with Gasteiger partial charge in [0, 0.05) is 12.6 Å². The molecule has 1 N–H and O–H groups in total. The molecule has 0 fully saturated rings. The van der Waals surface area contributed by atoms with Crippen LogP contribution in [0, 0.1) is 6.92 Å². The highest BCUT2D eigenvalue weighted by Gasteiger charge is 2.20. The van der Waals surface area contributed by atoms with Crippen molar-refractivity contribution in [2.45, 2.75) is 19.0 Å². The maximum absolute atomic E-state index is 12.4. The van der Waals surface area contributed by atoms with E-state index in [2.05, 4.69) is 20.7 Å². The van der Waals surface area contributed by atoms with Crippen molar-refractivity contribution in [1.82, 2.24) is 14.8 Å². The first-order valence-electron chi connectivity index (χ1n) is 9.31. The van der Waals surface area contributed by atoms with Crippen molar-refractivity contribution in [3.05, 3.63) is 54.1 Å². The van der Waals surface area contributed by atoms with Gasteiger partial charge in [0.25, 0.3) is 0 Å². The number of ether oxygens (including phenoxy) is 2.